The van der Waals surface area contributed by atoms with Crippen LogP contribution in [0.15, 0.2) is 11.4 Å². The van der Waals surface area contributed by atoms with Gasteiger partial charge in [-0.1, -0.05) is 0 Å². The Kier molecular flexibility index (Phi) is 4.28. The number of hydrogen-bond acceptors (Lipinski definition) is 3. The quantitative estimate of drug-likeness (QED) is 0.757. The van der Waals surface area contributed by atoms with Crippen LogP contribution in [0.4, 0.5) is 8.78 Å². The van der Waals surface area contributed by atoms with E-state index in [-0.39, 0.29) is 4.88 Å². The van der Waals surface area contributed by atoms with Crippen molar-refractivity contribution in [2.24, 2.45) is 0 Å². The lowest BCUT2D eigenvalue weighted by Gasteiger charge is -2.10. The van der Waals surface area contributed by atoms with Crippen molar-refractivity contribution in [3.63, 3.8) is 0 Å². The number of alkyl halides is 2. The molecule has 0 saturated carbocycles. The molecule has 5 heteroatoms. The second-order valence-corrected chi connectivity index (χ2v) is 4.05. The zero-order chi connectivity index (χ0) is 10.6. The maximum atomic E-state index is 12.4. The second-order valence-electron chi connectivity index (χ2n) is 3.10. The van der Waals surface area contributed by atoms with E-state index in [1.165, 1.54) is 0 Å². The number of rotatable bonds is 5. The molecule has 14 heavy (non-hydrogen) atoms. The SMILES string of the molecule is CN(C)CCOc1ccsc1C(F)F. The molecule has 0 amide bonds. The molecule has 0 aromatic carbocycles. The van der Waals surface area contributed by atoms with Gasteiger partial charge in [-0.15, -0.1) is 11.3 Å². The van der Waals surface area contributed by atoms with Crippen molar-refractivity contribution in [1.82, 2.24) is 4.90 Å². The highest BCUT2D eigenvalue weighted by molar-refractivity contribution is 7.10. The number of nitrogens with zero attached hydrogens (tertiary/aromatic N) is 1. The van der Waals surface area contributed by atoms with E-state index < -0.39 is 6.43 Å². The van der Waals surface area contributed by atoms with Gasteiger partial charge in [0.05, 0.1) is 0 Å². The highest BCUT2D eigenvalue weighted by Gasteiger charge is 2.15. The fourth-order valence-corrected chi connectivity index (χ4v) is 1.61. The standard InChI is InChI=1S/C9H13F2NOS/c1-12(2)4-5-13-7-3-6-14-8(7)9(10)11/h3,6,9H,4-5H2,1-2H3. The molecule has 1 heterocycles. The summed E-state index contributed by atoms with van der Waals surface area (Å²) in [4.78, 5) is 1.96. The van der Waals surface area contributed by atoms with Gasteiger partial charge in [-0.2, -0.15) is 0 Å². The van der Waals surface area contributed by atoms with Gasteiger partial charge in [-0.25, -0.2) is 8.78 Å². The van der Waals surface area contributed by atoms with Gasteiger partial charge in [0.25, 0.3) is 6.43 Å². The Bertz CT molecular complexity index is 276. The van der Waals surface area contributed by atoms with Crippen molar-refractivity contribution in [3.8, 4) is 5.75 Å². The molecule has 0 aliphatic rings. The Balaban J connectivity index is 2.46. The molecule has 0 atom stereocenters. The molecule has 2 nitrogen and oxygen atoms in total. The normalized spacial score (nSPS) is 11.3. The molecular formula is C9H13F2NOS. The predicted molar refractivity (Wildman–Crippen MR) is 53.3 cm³/mol. The van der Waals surface area contributed by atoms with Crippen LogP contribution in [0.3, 0.4) is 0 Å². The lowest BCUT2D eigenvalue weighted by atomic mass is 10.4. The Morgan fingerprint density at radius 3 is 2.79 bits per heavy atom. The third kappa shape index (κ3) is 3.23. The van der Waals surface area contributed by atoms with Crippen LogP contribution in [0.2, 0.25) is 0 Å². The lowest BCUT2D eigenvalue weighted by molar-refractivity contribution is 0.149. The molecule has 0 unspecified atom stereocenters. The molecule has 0 saturated heterocycles. The molecule has 0 aliphatic carbocycles. The largest absolute Gasteiger partial charge is 0.491 e. The first-order valence-corrected chi connectivity index (χ1v) is 5.12. The summed E-state index contributed by atoms with van der Waals surface area (Å²) in [5.41, 5.74) is 0. The molecule has 0 aliphatic heterocycles. The summed E-state index contributed by atoms with van der Waals surface area (Å²) in [5, 5.41) is 1.62. The molecule has 0 radical (unpaired) electrons. The lowest BCUT2D eigenvalue weighted by Crippen LogP contribution is -2.19. The fraction of sp³-hybridized carbons (Fsp3) is 0.556. The van der Waals surface area contributed by atoms with Gasteiger partial charge in [-0.3, -0.25) is 0 Å². The first-order valence-electron chi connectivity index (χ1n) is 4.24. The van der Waals surface area contributed by atoms with E-state index in [1.807, 2.05) is 19.0 Å². The summed E-state index contributed by atoms with van der Waals surface area (Å²) >= 11 is 1.03. The Hall–Kier alpha value is -0.680. The van der Waals surface area contributed by atoms with Crippen LogP contribution in [0.1, 0.15) is 11.3 Å². The molecule has 0 bridgehead atoms. The Morgan fingerprint density at radius 1 is 1.50 bits per heavy atom. The van der Waals surface area contributed by atoms with Crippen LogP contribution >= 0.6 is 11.3 Å². The molecule has 0 fully saturated rings. The maximum absolute atomic E-state index is 12.4. The molecule has 1 aromatic heterocycles. The molecule has 1 rings (SSSR count). The zero-order valence-corrected chi connectivity index (χ0v) is 8.98. The average molecular weight is 221 g/mol. The van der Waals surface area contributed by atoms with E-state index in [0.29, 0.717) is 12.4 Å². The van der Waals surface area contributed by atoms with Crippen LogP contribution in [-0.4, -0.2) is 32.1 Å². The highest BCUT2D eigenvalue weighted by Crippen LogP contribution is 2.33. The summed E-state index contributed by atoms with van der Waals surface area (Å²) in [5.74, 6) is 0.312. The summed E-state index contributed by atoms with van der Waals surface area (Å²) in [7, 11) is 3.82. The van der Waals surface area contributed by atoms with Crippen molar-refractivity contribution in [2.75, 3.05) is 27.2 Å². The van der Waals surface area contributed by atoms with Crippen molar-refractivity contribution in [2.45, 2.75) is 6.43 Å². The smallest absolute Gasteiger partial charge is 0.276 e. The monoisotopic (exact) mass is 221 g/mol. The Labute approximate surface area is 86.1 Å². The minimum Gasteiger partial charge on any atom is -0.491 e. The van der Waals surface area contributed by atoms with Crippen molar-refractivity contribution in [3.05, 3.63) is 16.3 Å². The Morgan fingerprint density at radius 2 is 2.21 bits per heavy atom. The summed E-state index contributed by atoms with van der Waals surface area (Å²) in [6.45, 7) is 1.15. The van der Waals surface area contributed by atoms with Gasteiger partial charge in [0.15, 0.2) is 0 Å². The zero-order valence-electron chi connectivity index (χ0n) is 8.17. The molecule has 0 spiro atoms. The van der Waals surface area contributed by atoms with Gasteiger partial charge >= 0.3 is 0 Å². The summed E-state index contributed by atoms with van der Waals surface area (Å²) in [6, 6.07) is 1.59. The maximum Gasteiger partial charge on any atom is 0.276 e. The van der Waals surface area contributed by atoms with Crippen molar-refractivity contribution in [1.29, 1.82) is 0 Å². The minimum absolute atomic E-state index is 0.0174. The number of hydrogen-bond donors (Lipinski definition) is 0. The van der Waals surface area contributed by atoms with Crippen LogP contribution in [-0.2, 0) is 0 Å². The average Bonchev–Trinajstić information content (AvgIpc) is 2.51. The van der Waals surface area contributed by atoms with Crippen molar-refractivity contribution >= 4 is 11.3 Å². The predicted octanol–water partition coefficient (Wildman–Crippen LogP) is 2.63. The van der Waals surface area contributed by atoms with E-state index in [1.54, 1.807) is 11.4 Å². The van der Waals surface area contributed by atoms with Crippen LogP contribution in [0, 0.1) is 0 Å². The van der Waals surface area contributed by atoms with E-state index in [2.05, 4.69) is 0 Å². The van der Waals surface area contributed by atoms with Gasteiger partial charge in [0, 0.05) is 6.54 Å². The minimum atomic E-state index is -2.44. The summed E-state index contributed by atoms with van der Waals surface area (Å²) < 4.78 is 30.0. The third-order valence-corrected chi connectivity index (χ3v) is 2.56. The highest BCUT2D eigenvalue weighted by atomic mass is 32.1. The number of ether oxygens (including phenoxy) is 1. The van der Waals surface area contributed by atoms with Crippen LogP contribution < -0.4 is 4.74 Å². The number of likely N-dealkylation sites (N-methyl/N-ethyl adjacent to an activating group) is 1. The van der Waals surface area contributed by atoms with Gasteiger partial charge in [0.2, 0.25) is 0 Å². The van der Waals surface area contributed by atoms with Crippen molar-refractivity contribution < 1.29 is 13.5 Å². The molecule has 0 N–H and O–H groups in total. The van der Waals surface area contributed by atoms with Crippen LogP contribution in [0.5, 0.6) is 5.75 Å². The van der Waals surface area contributed by atoms with Gasteiger partial charge in [-0.05, 0) is 25.5 Å². The van der Waals surface area contributed by atoms with Gasteiger partial charge in [0.1, 0.15) is 17.2 Å². The summed E-state index contributed by atoms with van der Waals surface area (Å²) in [6.07, 6.45) is -2.44. The molecular weight excluding hydrogens is 208 g/mol. The molecule has 80 valence electrons. The first-order chi connectivity index (χ1) is 6.61. The second kappa shape index (κ2) is 5.26. The topological polar surface area (TPSA) is 12.5 Å². The van der Waals surface area contributed by atoms with E-state index in [4.69, 9.17) is 4.74 Å². The molecule has 1 aromatic rings. The van der Waals surface area contributed by atoms with E-state index in [9.17, 15) is 8.78 Å². The first kappa shape index (κ1) is 11.4. The number of halogens is 2. The number of thiophene rings is 1. The van der Waals surface area contributed by atoms with Gasteiger partial charge < -0.3 is 9.64 Å². The van der Waals surface area contributed by atoms with Crippen LogP contribution in [0.25, 0.3) is 0 Å². The van der Waals surface area contributed by atoms with E-state index >= 15 is 0 Å². The third-order valence-electron chi connectivity index (χ3n) is 1.65. The fourth-order valence-electron chi connectivity index (χ4n) is 0.926. The van der Waals surface area contributed by atoms with E-state index in [0.717, 1.165) is 17.9 Å².